The minimum atomic E-state index is 0.279. The fourth-order valence-electron chi connectivity index (χ4n) is 2.47. The van der Waals surface area contributed by atoms with Gasteiger partial charge in [0.1, 0.15) is 5.82 Å². The molecule has 1 fully saturated rings. The second-order valence-electron chi connectivity index (χ2n) is 5.30. The highest BCUT2D eigenvalue weighted by molar-refractivity contribution is 5.46. The SMILES string of the molecule is CCOCC1(CNc2nc(N)ncc2CC)CCC1. The molecule has 0 bridgehead atoms. The van der Waals surface area contributed by atoms with Crippen LogP contribution in [0.25, 0.3) is 0 Å². The van der Waals surface area contributed by atoms with Crippen molar-refractivity contribution in [1.29, 1.82) is 0 Å². The highest BCUT2D eigenvalue weighted by Crippen LogP contribution is 2.41. The number of rotatable bonds is 7. The van der Waals surface area contributed by atoms with Crippen molar-refractivity contribution in [2.75, 3.05) is 30.8 Å². The molecule has 1 aromatic rings. The lowest BCUT2D eigenvalue weighted by atomic mass is 9.69. The van der Waals surface area contributed by atoms with Crippen molar-refractivity contribution >= 4 is 11.8 Å². The Morgan fingerprint density at radius 3 is 2.79 bits per heavy atom. The van der Waals surface area contributed by atoms with Gasteiger partial charge in [0, 0.05) is 30.3 Å². The van der Waals surface area contributed by atoms with Gasteiger partial charge < -0.3 is 15.8 Å². The molecule has 1 saturated carbocycles. The molecule has 5 heteroatoms. The van der Waals surface area contributed by atoms with Gasteiger partial charge in [-0.15, -0.1) is 0 Å². The smallest absolute Gasteiger partial charge is 0.221 e. The lowest BCUT2D eigenvalue weighted by Crippen LogP contribution is -2.41. The minimum Gasteiger partial charge on any atom is -0.381 e. The zero-order chi connectivity index (χ0) is 13.7. The van der Waals surface area contributed by atoms with Crippen molar-refractivity contribution in [3.63, 3.8) is 0 Å². The van der Waals surface area contributed by atoms with Crippen LogP contribution in [0.1, 0.15) is 38.7 Å². The second kappa shape index (κ2) is 6.19. The van der Waals surface area contributed by atoms with Gasteiger partial charge in [-0.25, -0.2) is 4.98 Å². The van der Waals surface area contributed by atoms with Crippen molar-refractivity contribution in [2.24, 2.45) is 5.41 Å². The number of hydrogen-bond donors (Lipinski definition) is 2. The largest absolute Gasteiger partial charge is 0.381 e. The predicted octanol–water partition coefficient (Wildman–Crippen LogP) is 2.24. The Morgan fingerprint density at radius 2 is 2.21 bits per heavy atom. The summed E-state index contributed by atoms with van der Waals surface area (Å²) in [4.78, 5) is 8.34. The minimum absolute atomic E-state index is 0.279. The van der Waals surface area contributed by atoms with Crippen LogP contribution in [0.4, 0.5) is 11.8 Å². The number of nitrogens with zero attached hydrogens (tertiary/aromatic N) is 2. The van der Waals surface area contributed by atoms with Gasteiger partial charge in [-0.3, -0.25) is 0 Å². The van der Waals surface area contributed by atoms with E-state index in [-0.39, 0.29) is 5.41 Å². The van der Waals surface area contributed by atoms with Crippen molar-refractivity contribution in [3.05, 3.63) is 11.8 Å². The first-order chi connectivity index (χ1) is 9.19. The number of ether oxygens (including phenoxy) is 1. The van der Waals surface area contributed by atoms with Gasteiger partial charge in [-0.2, -0.15) is 4.98 Å². The zero-order valence-electron chi connectivity index (χ0n) is 11.9. The average Bonchev–Trinajstić information content (AvgIpc) is 2.37. The Kier molecular flexibility index (Phi) is 4.58. The monoisotopic (exact) mass is 264 g/mol. The molecular formula is C14H24N4O. The van der Waals surface area contributed by atoms with E-state index in [1.165, 1.54) is 19.3 Å². The molecule has 3 N–H and O–H groups in total. The summed E-state index contributed by atoms with van der Waals surface area (Å²) < 4.78 is 5.61. The number of nitrogens with two attached hydrogens (primary N) is 1. The van der Waals surface area contributed by atoms with E-state index in [1.807, 2.05) is 6.92 Å². The maximum Gasteiger partial charge on any atom is 0.221 e. The van der Waals surface area contributed by atoms with E-state index in [9.17, 15) is 0 Å². The molecule has 0 aromatic carbocycles. The van der Waals surface area contributed by atoms with Gasteiger partial charge in [0.25, 0.3) is 0 Å². The lowest BCUT2D eigenvalue weighted by molar-refractivity contribution is 0.00798. The summed E-state index contributed by atoms with van der Waals surface area (Å²) in [6.45, 7) is 6.65. The first kappa shape index (κ1) is 14.1. The third-order valence-electron chi connectivity index (χ3n) is 3.92. The summed E-state index contributed by atoms with van der Waals surface area (Å²) in [6.07, 6.45) is 6.45. The summed E-state index contributed by atoms with van der Waals surface area (Å²) in [5.74, 6) is 1.20. The molecular weight excluding hydrogens is 240 g/mol. The van der Waals surface area contributed by atoms with E-state index in [2.05, 4.69) is 22.2 Å². The van der Waals surface area contributed by atoms with Crippen LogP contribution in [0.15, 0.2) is 6.20 Å². The fraction of sp³-hybridized carbons (Fsp3) is 0.714. The summed E-state index contributed by atoms with van der Waals surface area (Å²) in [5.41, 5.74) is 7.05. The third-order valence-corrected chi connectivity index (χ3v) is 3.92. The Balaban J connectivity index is 1.99. The third kappa shape index (κ3) is 3.35. The second-order valence-corrected chi connectivity index (χ2v) is 5.30. The molecule has 0 amide bonds. The Labute approximate surface area is 115 Å². The Bertz CT molecular complexity index is 418. The van der Waals surface area contributed by atoms with Gasteiger partial charge >= 0.3 is 0 Å². The fourth-order valence-corrected chi connectivity index (χ4v) is 2.47. The molecule has 106 valence electrons. The van der Waals surface area contributed by atoms with Gasteiger partial charge in [-0.1, -0.05) is 13.3 Å². The maximum atomic E-state index is 5.66. The predicted molar refractivity (Wildman–Crippen MR) is 77.1 cm³/mol. The quantitative estimate of drug-likeness (QED) is 0.790. The zero-order valence-corrected chi connectivity index (χ0v) is 11.9. The number of anilines is 2. The summed E-state index contributed by atoms with van der Waals surface area (Å²) in [6, 6.07) is 0. The van der Waals surface area contributed by atoms with E-state index in [1.54, 1.807) is 6.20 Å². The molecule has 0 spiro atoms. The van der Waals surface area contributed by atoms with Crippen LogP contribution in [0.2, 0.25) is 0 Å². The van der Waals surface area contributed by atoms with Crippen molar-refractivity contribution in [1.82, 2.24) is 9.97 Å². The van der Waals surface area contributed by atoms with Gasteiger partial charge in [0.15, 0.2) is 0 Å². The Hall–Kier alpha value is -1.36. The number of hydrogen-bond acceptors (Lipinski definition) is 5. The molecule has 19 heavy (non-hydrogen) atoms. The summed E-state index contributed by atoms with van der Waals surface area (Å²) in [5, 5.41) is 3.45. The average molecular weight is 264 g/mol. The number of nitrogens with one attached hydrogen (secondary N) is 1. The Morgan fingerprint density at radius 1 is 1.42 bits per heavy atom. The van der Waals surface area contributed by atoms with Crippen LogP contribution in [-0.2, 0) is 11.2 Å². The van der Waals surface area contributed by atoms with E-state index in [0.717, 1.165) is 37.6 Å². The van der Waals surface area contributed by atoms with Gasteiger partial charge in [0.2, 0.25) is 5.95 Å². The number of aryl methyl sites for hydroxylation is 1. The van der Waals surface area contributed by atoms with Crippen molar-refractivity contribution < 1.29 is 4.74 Å². The first-order valence-corrected chi connectivity index (χ1v) is 7.12. The summed E-state index contributed by atoms with van der Waals surface area (Å²) >= 11 is 0. The van der Waals surface area contributed by atoms with Gasteiger partial charge in [0.05, 0.1) is 6.61 Å². The van der Waals surface area contributed by atoms with Gasteiger partial charge in [-0.05, 0) is 26.2 Å². The highest BCUT2D eigenvalue weighted by Gasteiger charge is 2.37. The molecule has 0 aliphatic heterocycles. The molecule has 1 aliphatic rings. The molecule has 0 atom stereocenters. The molecule has 1 heterocycles. The van der Waals surface area contributed by atoms with Crippen molar-refractivity contribution in [3.8, 4) is 0 Å². The lowest BCUT2D eigenvalue weighted by Gasteiger charge is -2.41. The molecule has 5 nitrogen and oxygen atoms in total. The number of aromatic nitrogens is 2. The molecule has 0 unspecified atom stereocenters. The van der Waals surface area contributed by atoms with Crippen LogP contribution in [0.3, 0.4) is 0 Å². The van der Waals surface area contributed by atoms with E-state index < -0.39 is 0 Å². The summed E-state index contributed by atoms with van der Waals surface area (Å²) in [7, 11) is 0. The number of nitrogen functional groups attached to an aromatic ring is 1. The molecule has 0 saturated heterocycles. The van der Waals surface area contributed by atoms with E-state index >= 15 is 0 Å². The molecule has 1 aromatic heterocycles. The molecule has 0 radical (unpaired) electrons. The van der Waals surface area contributed by atoms with Crippen molar-refractivity contribution in [2.45, 2.75) is 39.5 Å². The van der Waals surface area contributed by atoms with Crippen LogP contribution in [0.5, 0.6) is 0 Å². The van der Waals surface area contributed by atoms with E-state index in [4.69, 9.17) is 10.5 Å². The van der Waals surface area contributed by atoms with E-state index in [0.29, 0.717) is 5.95 Å². The maximum absolute atomic E-state index is 5.66. The standard InChI is InChI=1S/C14H24N4O/c1-3-11-8-16-13(15)18-12(11)17-9-14(6-5-7-14)10-19-4-2/h8H,3-7,9-10H2,1-2H3,(H3,15,16,17,18). The van der Waals surface area contributed by atoms with Crippen LogP contribution >= 0.6 is 0 Å². The normalized spacial score (nSPS) is 16.9. The van der Waals surface area contributed by atoms with Crippen LogP contribution in [0, 0.1) is 5.41 Å². The highest BCUT2D eigenvalue weighted by atomic mass is 16.5. The topological polar surface area (TPSA) is 73.1 Å². The molecule has 1 aliphatic carbocycles. The van der Waals surface area contributed by atoms with Crippen LogP contribution < -0.4 is 11.1 Å². The molecule has 2 rings (SSSR count). The first-order valence-electron chi connectivity index (χ1n) is 7.12. The van der Waals surface area contributed by atoms with Crippen LogP contribution in [-0.4, -0.2) is 29.7 Å².